The normalized spacial score (nSPS) is 12.1. The lowest BCUT2D eigenvalue weighted by molar-refractivity contribution is -0.161. The highest BCUT2D eigenvalue weighted by atomic mass is 16.6. The fourth-order valence-corrected chi connectivity index (χ4v) is 6.31. The quantitative estimate of drug-likeness (QED) is 0.0398. The van der Waals surface area contributed by atoms with Gasteiger partial charge in [0.2, 0.25) is 0 Å². The van der Waals surface area contributed by atoms with Crippen molar-refractivity contribution in [2.24, 2.45) is 0 Å². The molecular weight excluding hydrogens is 596 g/mol. The molecule has 0 radical (unpaired) electrons. The number of aliphatic hydroxyl groups excluding tert-OH is 1. The molecule has 0 saturated heterocycles. The van der Waals surface area contributed by atoms with Gasteiger partial charge in [0.15, 0.2) is 6.10 Å². The molecule has 0 fully saturated rings. The molecule has 0 saturated carbocycles. The van der Waals surface area contributed by atoms with Crippen LogP contribution in [0.2, 0.25) is 0 Å². The molecule has 1 atom stereocenters. The number of allylic oxidation sites excluding steroid dienone is 2. The maximum atomic E-state index is 12.2. The second kappa shape index (κ2) is 40.1. The molecule has 5 nitrogen and oxygen atoms in total. The number of hydrogen-bond donors (Lipinski definition) is 1. The first-order chi connectivity index (χ1) is 23.6. The molecule has 0 aliphatic heterocycles. The minimum Gasteiger partial charge on any atom is -0.462 e. The van der Waals surface area contributed by atoms with Gasteiger partial charge in [-0.05, 0) is 38.5 Å². The van der Waals surface area contributed by atoms with Crippen LogP contribution in [0.4, 0.5) is 0 Å². The number of carbonyl (C=O) groups excluding carboxylic acids is 2. The third kappa shape index (κ3) is 37.5. The summed E-state index contributed by atoms with van der Waals surface area (Å²) in [7, 11) is 0. The molecule has 0 unspecified atom stereocenters. The van der Waals surface area contributed by atoms with Crippen LogP contribution in [0.15, 0.2) is 12.2 Å². The van der Waals surface area contributed by atoms with Crippen molar-refractivity contribution in [3.05, 3.63) is 12.2 Å². The van der Waals surface area contributed by atoms with Crippen LogP contribution in [0, 0.1) is 0 Å². The Morgan fingerprint density at radius 3 is 1.12 bits per heavy atom. The molecule has 0 aliphatic rings. The van der Waals surface area contributed by atoms with Crippen LogP contribution >= 0.6 is 0 Å². The van der Waals surface area contributed by atoms with E-state index in [-0.39, 0.29) is 25.2 Å². The summed E-state index contributed by atoms with van der Waals surface area (Å²) in [5.41, 5.74) is 0. The van der Waals surface area contributed by atoms with E-state index in [0.29, 0.717) is 12.8 Å². The van der Waals surface area contributed by atoms with Gasteiger partial charge in [0, 0.05) is 12.8 Å². The summed E-state index contributed by atoms with van der Waals surface area (Å²) in [6.45, 7) is 4.16. The first-order valence-corrected chi connectivity index (χ1v) is 21.2. The molecule has 0 rings (SSSR count). The fourth-order valence-electron chi connectivity index (χ4n) is 6.31. The Bertz CT molecular complexity index is 691. The van der Waals surface area contributed by atoms with Crippen molar-refractivity contribution in [2.75, 3.05) is 13.2 Å². The van der Waals surface area contributed by atoms with Crippen molar-refractivity contribution in [2.45, 2.75) is 238 Å². The highest BCUT2D eigenvalue weighted by Crippen LogP contribution is 2.15. The SMILES string of the molecule is CCCCCCCC/C=C\CCCCCCCCCCCC(=O)OC[C@H](CO)OC(=O)CCCCCCCCCCCCCCCCC. The maximum Gasteiger partial charge on any atom is 0.306 e. The van der Waals surface area contributed by atoms with Crippen LogP contribution in [-0.4, -0.2) is 36.4 Å². The lowest BCUT2D eigenvalue weighted by Gasteiger charge is -2.15. The van der Waals surface area contributed by atoms with E-state index < -0.39 is 6.10 Å². The van der Waals surface area contributed by atoms with Crippen molar-refractivity contribution in [1.82, 2.24) is 0 Å². The molecule has 0 aromatic carbocycles. The zero-order valence-electron chi connectivity index (χ0n) is 32.3. The van der Waals surface area contributed by atoms with E-state index in [2.05, 4.69) is 26.0 Å². The lowest BCUT2D eigenvalue weighted by atomic mass is 10.0. The van der Waals surface area contributed by atoms with Gasteiger partial charge in [0.1, 0.15) is 6.61 Å². The predicted molar refractivity (Wildman–Crippen MR) is 205 cm³/mol. The van der Waals surface area contributed by atoms with E-state index in [0.717, 1.165) is 38.5 Å². The number of rotatable bonds is 39. The highest BCUT2D eigenvalue weighted by molar-refractivity contribution is 5.70. The molecule has 284 valence electrons. The van der Waals surface area contributed by atoms with Crippen molar-refractivity contribution in [1.29, 1.82) is 0 Å². The van der Waals surface area contributed by atoms with Gasteiger partial charge in [-0.3, -0.25) is 9.59 Å². The molecule has 0 aromatic heterocycles. The Kier molecular flexibility index (Phi) is 38.9. The Morgan fingerprint density at radius 2 is 0.771 bits per heavy atom. The number of esters is 2. The minimum atomic E-state index is -0.765. The molecule has 0 spiro atoms. The van der Waals surface area contributed by atoms with Crippen molar-refractivity contribution >= 4 is 11.9 Å². The summed E-state index contributed by atoms with van der Waals surface area (Å²) in [4.78, 5) is 24.3. The maximum absolute atomic E-state index is 12.2. The Hall–Kier alpha value is -1.36. The summed E-state index contributed by atoms with van der Waals surface area (Å²) >= 11 is 0. The van der Waals surface area contributed by atoms with Crippen molar-refractivity contribution in [3.63, 3.8) is 0 Å². The van der Waals surface area contributed by atoms with Gasteiger partial charge in [-0.1, -0.05) is 193 Å². The zero-order chi connectivity index (χ0) is 35.0. The third-order valence-electron chi connectivity index (χ3n) is 9.56. The average Bonchev–Trinajstić information content (AvgIpc) is 3.09. The first-order valence-electron chi connectivity index (χ1n) is 21.2. The van der Waals surface area contributed by atoms with E-state index in [9.17, 15) is 14.7 Å². The number of unbranched alkanes of at least 4 members (excludes halogenated alkanes) is 29. The average molecular weight is 679 g/mol. The Morgan fingerprint density at radius 1 is 0.458 bits per heavy atom. The lowest BCUT2D eigenvalue weighted by Crippen LogP contribution is -2.28. The summed E-state index contributed by atoms with van der Waals surface area (Å²) in [5, 5.41) is 9.57. The molecule has 0 bridgehead atoms. The second-order valence-corrected chi connectivity index (χ2v) is 14.4. The van der Waals surface area contributed by atoms with Gasteiger partial charge in [-0.25, -0.2) is 0 Å². The molecule has 0 aromatic rings. The van der Waals surface area contributed by atoms with E-state index in [1.54, 1.807) is 0 Å². The van der Waals surface area contributed by atoms with Crippen LogP contribution in [0.3, 0.4) is 0 Å². The van der Waals surface area contributed by atoms with Crippen LogP contribution < -0.4 is 0 Å². The van der Waals surface area contributed by atoms with E-state index in [1.165, 1.54) is 167 Å². The van der Waals surface area contributed by atoms with E-state index in [1.807, 2.05) is 0 Å². The predicted octanol–water partition coefficient (Wildman–Crippen LogP) is 13.3. The third-order valence-corrected chi connectivity index (χ3v) is 9.56. The van der Waals surface area contributed by atoms with Crippen LogP contribution in [0.1, 0.15) is 232 Å². The standard InChI is InChI=1S/C43H82O5/c1-3-5-7-9-11-13-15-17-19-20-21-22-24-25-27-29-31-33-35-37-42(45)47-40-41(39-44)48-43(46)38-36-34-32-30-28-26-23-18-16-14-12-10-8-6-4-2/h17,19,41,44H,3-16,18,20-40H2,1-2H3/b19-17-/t41-/m0/s1. The summed E-state index contributed by atoms with van der Waals surface area (Å²) in [6, 6.07) is 0. The largest absolute Gasteiger partial charge is 0.462 e. The van der Waals surface area contributed by atoms with Crippen LogP contribution in [-0.2, 0) is 19.1 Å². The molecular formula is C43H82O5. The van der Waals surface area contributed by atoms with E-state index in [4.69, 9.17) is 9.47 Å². The molecule has 0 heterocycles. The van der Waals surface area contributed by atoms with Gasteiger partial charge in [0.05, 0.1) is 6.61 Å². The smallest absolute Gasteiger partial charge is 0.306 e. The minimum absolute atomic E-state index is 0.0607. The monoisotopic (exact) mass is 679 g/mol. The van der Waals surface area contributed by atoms with Gasteiger partial charge in [-0.15, -0.1) is 0 Å². The summed E-state index contributed by atoms with van der Waals surface area (Å²) in [6.07, 6.45) is 45.6. The Balaban J connectivity index is 3.49. The first kappa shape index (κ1) is 46.6. The number of carbonyl (C=O) groups is 2. The second-order valence-electron chi connectivity index (χ2n) is 14.4. The highest BCUT2D eigenvalue weighted by Gasteiger charge is 2.16. The number of ether oxygens (including phenoxy) is 2. The van der Waals surface area contributed by atoms with Gasteiger partial charge in [0.25, 0.3) is 0 Å². The number of aliphatic hydroxyl groups is 1. The van der Waals surface area contributed by atoms with Crippen molar-refractivity contribution < 1.29 is 24.2 Å². The summed E-state index contributed by atoms with van der Waals surface area (Å²) < 4.78 is 10.6. The zero-order valence-corrected chi connectivity index (χ0v) is 32.3. The van der Waals surface area contributed by atoms with Crippen LogP contribution in [0.5, 0.6) is 0 Å². The summed E-state index contributed by atoms with van der Waals surface area (Å²) in [5.74, 6) is -0.580. The molecule has 0 aliphatic carbocycles. The Labute approximate surface area is 299 Å². The molecule has 1 N–H and O–H groups in total. The molecule has 5 heteroatoms. The van der Waals surface area contributed by atoms with Crippen molar-refractivity contribution in [3.8, 4) is 0 Å². The fraction of sp³-hybridized carbons (Fsp3) is 0.907. The molecule has 0 amide bonds. The van der Waals surface area contributed by atoms with Gasteiger partial charge < -0.3 is 14.6 Å². The number of hydrogen-bond acceptors (Lipinski definition) is 5. The van der Waals surface area contributed by atoms with Crippen LogP contribution in [0.25, 0.3) is 0 Å². The van der Waals surface area contributed by atoms with E-state index >= 15 is 0 Å². The topological polar surface area (TPSA) is 72.8 Å². The van der Waals surface area contributed by atoms with Gasteiger partial charge in [-0.2, -0.15) is 0 Å². The van der Waals surface area contributed by atoms with Gasteiger partial charge >= 0.3 is 11.9 Å². The molecule has 48 heavy (non-hydrogen) atoms.